The Morgan fingerprint density at radius 1 is 1.26 bits per heavy atom. The van der Waals surface area contributed by atoms with Crippen LogP contribution in [0.15, 0.2) is 0 Å². The smallest absolute Gasteiger partial charge is 0.315 e. The molecule has 1 saturated carbocycles. The van der Waals surface area contributed by atoms with Crippen LogP contribution in [-0.2, 0) is 14.3 Å². The molecular formula is C12H20N2O5. The molecule has 2 fully saturated rings. The molecule has 2 aliphatic rings. The summed E-state index contributed by atoms with van der Waals surface area (Å²) >= 11 is 0. The van der Waals surface area contributed by atoms with Crippen molar-refractivity contribution in [2.75, 3.05) is 20.3 Å². The molecule has 0 aromatic rings. The minimum atomic E-state index is -0.942. The monoisotopic (exact) mass is 272 g/mol. The van der Waals surface area contributed by atoms with Crippen LogP contribution in [-0.4, -0.2) is 55.6 Å². The van der Waals surface area contributed by atoms with Crippen LogP contribution in [0.4, 0.5) is 4.79 Å². The van der Waals surface area contributed by atoms with Crippen molar-refractivity contribution < 1.29 is 24.2 Å². The van der Waals surface area contributed by atoms with E-state index in [4.69, 9.17) is 14.6 Å². The molecule has 0 bridgehead atoms. The van der Waals surface area contributed by atoms with Crippen LogP contribution in [0.2, 0.25) is 0 Å². The van der Waals surface area contributed by atoms with Crippen molar-refractivity contribution >= 4 is 12.0 Å². The first-order chi connectivity index (χ1) is 9.10. The van der Waals surface area contributed by atoms with Gasteiger partial charge in [-0.3, -0.25) is 4.79 Å². The molecule has 1 aliphatic heterocycles. The normalized spacial score (nSPS) is 34.2. The lowest BCUT2D eigenvalue weighted by atomic mass is 10.0. The summed E-state index contributed by atoms with van der Waals surface area (Å²) in [6.45, 7) is 0.394. The maximum absolute atomic E-state index is 11.8. The molecule has 1 heterocycles. The van der Waals surface area contributed by atoms with Crippen molar-refractivity contribution in [3.8, 4) is 0 Å². The number of carboxylic acid groups (broad SMARTS) is 1. The van der Waals surface area contributed by atoms with Crippen LogP contribution in [0.1, 0.15) is 19.3 Å². The SMILES string of the molecule is COC1CCC(NC(=O)NC2COCC2C(=O)O)C1. The second kappa shape index (κ2) is 6.21. The van der Waals surface area contributed by atoms with Crippen molar-refractivity contribution in [3.05, 3.63) is 0 Å². The van der Waals surface area contributed by atoms with Gasteiger partial charge in [0.05, 0.1) is 25.4 Å². The molecule has 2 rings (SSSR count). The number of ether oxygens (including phenoxy) is 2. The molecular weight excluding hydrogens is 252 g/mol. The maximum atomic E-state index is 11.8. The zero-order chi connectivity index (χ0) is 13.8. The number of rotatable bonds is 4. The van der Waals surface area contributed by atoms with Gasteiger partial charge >= 0.3 is 12.0 Å². The molecule has 1 saturated heterocycles. The highest BCUT2D eigenvalue weighted by Gasteiger charge is 2.35. The number of nitrogens with one attached hydrogen (secondary N) is 2. The van der Waals surface area contributed by atoms with Gasteiger partial charge in [0, 0.05) is 13.2 Å². The first kappa shape index (κ1) is 14.1. The van der Waals surface area contributed by atoms with Gasteiger partial charge in [-0.05, 0) is 19.3 Å². The van der Waals surface area contributed by atoms with Crippen LogP contribution in [0.5, 0.6) is 0 Å². The number of hydrogen-bond donors (Lipinski definition) is 3. The Labute approximate surface area is 111 Å². The van der Waals surface area contributed by atoms with Crippen molar-refractivity contribution in [1.82, 2.24) is 10.6 Å². The number of amides is 2. The Balaban J connectivity index is 1.77. The topological polar surface area (TPSA) is 96.9 Å². The lowest BCUT2D eigenvalue weighted by molar-refractivity contribution is -0.142. The zero-order valence-corrected chi connectivity index (χ0v) is 10.9. The molecule has 19 heavy (non-hydrogen) atoms. The lowest BCUT2D eigenvalue weighted by Crippen LogP contribution is -2.49. The summed E-state index contributed by atoms with van der Waals surface area (Å²) in [5.74, 6) is -1.61. The van der Waals surface area contributed by atoms with E-state index in [1.165, 1.54) is 0 Å². The summed E-state index contributed by atoms with van der Waals surface area (Å²) in [5, 5.41) is 14.5. The number of carboxylic acids is 1. The minimum absolute atomic E-state index is 0.0931. The van der Waals surface area contributed by atoms with Gasteiger partial charge in [0.15, 0.2) is 0 Å². The van der Waals surface area contributed by atoms with Crippen LogP contribution in [0.25, 0.3) is 0 Å². The lowest BCUT2D eigenvalue weighted by Gasteiger charge is -2.18. The van der Waals surface area contributed by atoms with Crippen molar-refractivity contribution in [1.29, 1.82) is 0 Å². The number of aliphatic carboxylic acids is 1. The highest BCUT2D eigenvalue weighted by atomic mass is 16.5. The molecule has 3 N–H and O–H groups in total. The largest absolute Gasteiger partial charge is 0.481 e. The van der Waals surface area contributed by atoms with E-state index < -0.39 is 17.9 Å². The first-order valence-electron chi connectivity index (χ1n) is 6.50. The fraction of sp³-hybridized carbons (Fsp3) is 0.833. The molecule has 4 unspecified atom stereocenters. The van der Waals surface area contributed by atoms with Crippen molar-refractivity contribution in [2.45, 2.75) is 37.5 Å². The molecule has 0 spiro atoms. The number of urea groups is 1. The van der Waals surface area contributed by atoms with Gasteiger partial charge in [0.2, 0.25) is 0 Å². The zero-order valence-electron chi connectivity index (χ0n) is 10.9. The van der Waals surface area contributed by atoms with Gasteiger partial charge in [0.1, 0.15) is 5.92 Å². The van der Waals surface area contributed by atoms with Gasteiger partial charge in [-0.25, -0.2) is 4.79 Å². The molecule has 108 valence electrons. The van der Waals surface area contributed by atoms with E-state index in [0.717, 1.165) is 19.3 Å². The third kappa shape index (κ3) is 3.57. The minimum Gasteiger partial charge on any atom is -0.481 e. The highest BCUT2D eigenvalue weighted by Crippen LogP contribution is 2.21. The van der Waals surface area contributed by atoms with E-state index in [9.17, 15) is 9.59 Å². The van der Waals surface area contributed by atoms with Gasteiger partial charge < -0.3 is 25.2 Å². The maximum Gasteiger partial charge on any atom is 0.315 e. The summed E-state index contributed by atoms with van der Waals surface area (Å²) in [4.78, 5) is 22.8. The van der Waals surface area contributed by atoms with E-state index in [1.54, 1.807) is 7.11 Å². The molecule has 7 heteroatoms. The van der Waals surface area contributed by atoms with Crippen LogP contribution in [0.3, 0.4) is 0 Å². The number of hydrogen-bond acceptors (Lipinski definition) is 4. The molecule has 1 aliphatic carbocycles. The van der Waals surface area contributed by atoms with Gasteiger partial charge in [-0.1, -0.05) is 0 Å². The molecule has 4 atom stereocenters. The third-order valence-corrected chi connectivity index (χ3v) is 3.77. The summed E-state index contributed by atoms with van der Waals surface area (Å²) in [7, 11) is 1.67. The average molecular weight is 272 g/mol. The predicted octanol–water partition coefficient (Wildman–Crippen LogP) is -0.0473. The predicted molar refractivity (Wildman–Crippen MR) is 65.8 cm³/mol. The molecule has 0 aromatic carbocycles. The summed E-state index contributed by atoms with van der Waals surface area (Å²) < 4.78 is 10.3. The first-order valence-corrected chi connectivity index (χ1v) is 6.50. The van der Waals surface area contributed by atoms with Crippen LogP contribution >= 0.6 is 0 Å². The Hall–Kier alpha value is -1.34. The fourth-order valence-corrected chi connectivity index (χ4v) is 2.62. The highest BCUT2D eigenvalue weighted by molar-refractivity contribution is 5.77. The molecule has 7 nitrogen and oxygen atoms in total. The van der Waals surface area contributed by atoms with E-state index in [1.807, 2.05) is 0 Å². The third-order valence-electron chi connectivity index (χ3n) is 3.77. The average Bonchev–Trinajstić information content (AvgIpc) is 2.97. The Kier molecular flexibility index (Phi) is 4.60. The van der Waals surface area contributed by atoms with Crippen molar-refractivity contribution in [3.63, 3.8) is 0 Å². The number of carbonyl (C=O) groups excluding carboxylic acids is 1. The van der Waals surface area contributed by atoms with E-state index in [-0.39, 0.29) is 31.4 Å². The van der Waals surface area contributed by atoms with Crippen molar-refractivity contribution in [2.24, 2.45) is 5.92 Å². The van der Waals surface area contributed by atoms with E-state index in [0.29, 0.717) is 0 Å². The Morgan fingerprint density at radius 3 is 2.68 bits per heavy atom. The second-order valence-electron chi connectivity index (χ2n) is 5.07. The molecule has 0 radical (unpaired) electrons. The van der Waals surface area contributed by atoms with Gasteiger partial charge in [-0.15, -0.1) is 0 Å². The Bertz CT molecular complexity index is 349. The van der Waals surface area contributed by atoms with Gasteiger partial charge in [0.25, 0.3) is 0 Å². The summed E-state index contributed by atoms with van der Waals surface area (Å²) in [6.07, 6.45) is 2.82. The van der Waals surface area contributed by atoms with Crippen LogP contribution in [0, 0.1) is 5.92 Å². The van der Waals surface area contributed by atoms with Gasteiger partial charge in [-0.2, -0.15) is 0 Å². The number of methoxy groups -OCH3 is 1. The Morgan fingerprint density at radius 2 is 2.05 bits per heavy atom. The fourth-order valence-electron chi connectivity index (χ4n) is 2.62. The molecule has 0 aromatic heterocycles. The van der Waals surface area contributed by atoms with E-state index in [2.05, 4.69) is 10.6 Å². The standard InChI is InChI=1S/C12H20N2O5/c1-18-8-3-2-7(4-8)13-12(17)14-10-6-19-5-9(10)11(15)16/h7-10H,2-6H2,1H3,(H,15,16)(H2,13,14,17). The molecule has 2 amide bonds. The summed E-state index contributed by atoms with van der Waals surface area (Å²) in [5.41, 5.74) is 0. The van der Waals surface area contributed by atoms with Crippen LogP contribution < -0.4 is 10.6 Å². The van der Waals surface area contributed by atoms with E-state index >= 15 is 0 Å². The summed E-state index contributed by atoms with van der Waals surface area (Å²) in [6, 6.07) is -0.698. The quantitative estimate of drug-likeness (QED) is 0.667. The second-order valence-corrected chi connectivity index (χ2v) is 5.07. The number of carbonyl (C=O) groups is 2.